The Kier molecular flexibility index (Phi) is 16.2. The largest absolute Gasteiger partial charge is 1.00 e. The van der Waals surface area contributed by atoms with E-state index in [-0.39, 0.29) is 48.5 Å². The molecular weight excluding hydrogens is 419 g/mol. The summed E-state index contributed by atoms with van der Waals surface area (Å²) in [6, 6.07) is 0. The second-order valence-electron chi connectivity index (χ2n) is 7.58. The first kappa shape index (κ1) is 29.7. The molecule has 0 aliphatic carbocycles. The van der Waals surface area contributed by atoms with Crippen molar-refractivity contribution in [1.29, 1.82) is 0 Å². The first-order chi connectivity index (χ1) is 13.8. The molecule has 0 aromatic carbocycles. The number of rotatable bonds is 17. The van der Waals surface area contributed by atoms with E-state index < -0.39 is 22.0 Å². The zero-order chi connectivity index (χ0) is 21.7. The van der Waals surface area contributed by atoms with Crippen LogP contribution in [0.2, 0.25) is 0 Å². The number of unbranched alkanes of at least 4 members (excludes halogenated alkanes) is 7. The number of nitrogens with zero attached hydrogens (tertiary/aromatic N) is 2. The van der Waals surface area contributed by atoms with E-state index in [0.717, 1.165) is 32.1 Å². The third kappa shape index (κ3) is 12.5. The Morgan fingerprint density at radius 3 is 2.37 bits per heavy atom. The summed E-state index contributed by atoms with van der Waals surface area (Å²) in [6.07, 6.45) is 9.57. The Morgan fingerprint density at radius 2 is 1.80 bits per heavy atom. The van der Waals surface area contributed by atoms with E-state index >= 15 is 0 Å². The summed E-state index contributed by atoms with van der Waals surface area (Å²) in [5.74, 6) is -0.539. The SMILES string of the molecule is C=CCCCCCCCCCC(=O)C1=[N+](CC(O)CS(=O)(=O)[O-])CCN1CCO.[Na+]. The molecule has 10 heteroatoms. The molecule has 0 radical (unpaired) electrons. The molecule has 168 valence electrons. The van der Waals surface area contributed by atoms with E-state index in [1.807, 2.05) is 6.08 Å². The van der Waals surface area contributed by atoms with Gasteiger partial charge in [-0.15, -0.1) is 6.58 Å². The molecule has 0 spiro atoms. The summed E-state index contributed by atoms with van der Waals surface area (Å²) in [6.45, 7) is 4.79. The van der Waals surface area contributed by atoms with Crippen LogP contribution in [0.4, 0.5) is 0 Å². The van der Waals surface area contributed by atoms with Crippen LogP contribution in [0.25, 0.3) is 0 Å². The molecule has 0 saturated heterocycles. The van der Waals surface area contributed by atoms with Crippen molar-refractivity contribution in [2.75, 3.05) is 38.5 Å². The van der Waals surface area contributed by atoms with Gasteiger partial charge < -0.3 is 14.8 Å². The summed E-state index contributed by atoms with van der Waals surface area (Å²) in [5.41, 5.74) is 0. The van der Waals surface area contributed by atoms with Gasteiger partial charge in [-0.1, -0.05) is 38.2 Å². The molecule has 2 N–H and O–H groups in total. The summed E-state index contributed by atoms with van der Waals surface area (Å²) in [5, 5.41) is 19.1. The van der Waals surface area contributed by atoms with Crippen LogP contribution >= 0.6 is 0 Å². The van der Waals surface area contributed by atoms with Crippen LogP contribution in [0.3, 0.4) is 0 Å². The molecule has 0 saturated carbocycles. The van der Waals surface area contributed by atoms with E-state index in [9.17, 15) is 28.0 Å². The number of Topliss-reactive ketones (excluding diaryl/α,β-unsaturated/α-hetero) is 1. The molecule has 1 atom stereocenters. The number of ketones is 1. The second kappa shape index (κ2) is 16.4. The van der Waals surface area contributed by atoms with Crippen molar-refractivity contribution in [2.45, 2.75) is 63.9 Å². The Balaban J connectivity index is 0.00000841. The van der Waals surface area contributed by atoms with Gasteiger partial charge in [0.25, 0.3) is 0 Å². The van der Waals surface area contributed by atoms with Crippen molar-refractivity contribution >= 4 is 21.7 Å². The van der Waals surface area contributed by atoms with Gasteiger partial charge in [0.05, 0.1) is 22.5 Å². The second-order valence-corrected chi connectivity index (χ2v) is 9.03. The summed E-state index contributed by atoms with van der Waals surface area (Å²) in [7, 11) is -4.54. The fourth-order valence-electron chi connectivity index (χ4n) is 3.63. The van der Waals surface area contributed by atoms with Crippen LogP contribution in [-0.4, -0.2) is 88.9 Å². The molecule has 0 bridgehead atoms. The monoisotopic (exact) mass is 455 g/mol. The Labute approximate surface area is 203 Å². The fraction of sp³-hybridized carbons (Fsp3) is 0.800. The van der Waals surface area contributed by atoms with E-state index in [1.165, 1.54) is 19.3 Å². The number of hydrogen-bond donors (Lipinski definition) is 2. The van der Waals surface area contributed by atoms with E-state index in [2.05, 4.69) is 6.58 Å². The minimum atomic E-state index is -4.54. The maximum absolute atomic E-state index is 12.7. The van der Waals surface area contributed by atoms with E-state index in [1.54, 1.807) is 9.48 Å². The van der Waals surface area contributed by atoms with Crippen LogP contribution in [0, 0.1) is 0 Å². The number of allylic oxidation sites excluding steroid dienone is 1. The number of aliphatic hydroxyl groups excluding tert-OH is 2. The average Bonchev–Trinajstić information content (AvgIpc) is 3.01. The molecule has 0 aromatic rings. The van der Waals surface area contributed by atoms with Crippen LogP contribution in [-0.2, 0) is 14.9 Å². The summed E-state index contributed by atoms with van der Waals surface area (Å²) < 4.78 is 34.2. The average molecular weight is 456 g/mol. The molecule has 30 heavy (non-hydrogen) atoms. The normalized spacial score (nSPS) is 15.2. The van der Waals surface area contributed by atoms with Crippen molar-refractivity contribution in [3.05, 3.63) is 12.7 Å². The van der Waals surface area contributed by atoms with Gasteiger partial charge in [0, 0.05) is 6.42 Å². The quantitative estimate of drug-likeness (QED) is 0.0846. The molecule has 1 unspecified atom stereocenters. The van der Waals surface area contributed by atoms with Crippen molar-refractivity contribution < 1.29 is 62.1 Å². The third-order valence-electron chi connectivity index (χ3n) is 5.00. The smallest absolute Gasteiger partial charge is 0.748 e. The van der Waals surface area contributed by atoms with E-state index in [4.69, 9.17) is 0 Å². The predicted molar refractivity (Wildman–Crippen MR) is 111 cm³/mol. The topological polar surface area (TPSA) is 121 Å². The van der Waals surface area contributed by atoms with Crippen LogP contribution < -0.4 is 29.6 Å². The molecule has 8 nitrogen and oxygen atoms in total. The van der Waals surface area contributed by atoms with E-state index in [0.29, 0.717) is 31.9 Å². The molecule has 0 fully saturated rings. The van der Waals surface area contributed by atoms with Gasteiger partial charge in [0.15, 0.2) is 0 Å². The molecular formula is C20H36N2NaO6S+. The number of carbonyl (C=O) groups excluding carboxylic acids is 1. The van der Waals surface area contributed by atoms with Crippen molar-refractivity contribution in [3.63, 3.8) is 0 Å². The van der Waals surface area contributed by atoms with Crippen molar-refractivity contribution in [2.24, 2.45) is 0 Å². The van der Waals surface area contributed by atoms with Gasteiger partial charge >= 0.3 is 35.4 Å². The van der Waals surface area contributed by atoms with Gasteiger partial charge in [-0.05, 0) is 19.3 Å². The number of aliphatic hydroxyl groups is 2. The molecule has 0 aromatic heterocycles. The third-order valence-corrected chi connectivity index (χ3v) is 5.79. The van der Waals surface area contributed by atoms with Crippen LogP contribution in [0.15, 0.2) is 12.7 Å². The minimum absolute atomic E-state index is 0. The van der Waals surface area contributed by atoms with Crippen molar-refractivity contribution in [3.8, 4) is 0 Å². The first-order valence-corrected chi connectivity index (χ1v) is 12.1. The minimum Gasteiger partial charge on any atom is -0.748 e. The molecule has 1 aliphatic rings. The standard InChI is InChI=1S/C20H36N2O6S.Na/c1-2-3-4-5-6-7-8-9-10-11-19(25)20-21(14-15-23)12-13-22(20)16-18(24)17-29(26,27)28;/h2,18,23-24H,1,3-17H2;/q;+1. The maximum atomic E-state index is 12.7. The summed E-state index contributed by atoms with van der Waals surface area (Å²) in [4.78, 5) is 14.5. The molecule has 0 amide bonds. The van der Waals surface area contributed by atoms with Gasteiger partial charge in [0.1, 0.15) is 32.3 Å². The van der Waals surface area contributed by atoms with Gasteiger partial charge in [-0.2, -0.15) is 0 Å². The Morgan fingerprint density at radius 1 is 1.20 bits per heavy atom. The zero-order valence-electron chi connectivity index (χ0n) is 18.3. The Bertz CT molecular complexity index is 654. The summed E-state index contributed by atoms with van der Waals surface area (Å²) >= 11 is 0. The van der Waals surface area contributed by atoms with Gasteiger partial charge in [-0.3, -0.25) is 14.3 Å². The zero-order valence-corrected chi connectivity index (χ0v) is 21.1. The molecule has 1 rings (SSSR count). The number of amidine groups is 1. The maximum Gasteiger partial charge on any atom is 1.00 e. The Hall–Kier alpha value is -0.290. The van der Waals surface area contributed by atoms with Crippen LogP contribution in [0.1, 0.15) is 57.8 Å². The predicted octanol–water partition coefficient (Wildman–Crippen LogP) is -2.12. The molecule has 1 heterocycles. The number of β-amino-alcohol motifs (C(OH)–C–C–N with tert-alkyl or cyclic N) is 2. The number of carbonyl (C=O) groups is 1. The number of hydrogen-bond acceptors (Lipinski definition) is 7. The van der Waals surface area contributed by atoms with Crippen molar-refractivity contribution in [1.82, 2.24) is 4.90 Å². The van der Waals surface area contributed by atoms with Crippen LogP contribution in [0.5, 0.6) is 0 Å². The fourth-order valence-corrected chi connectivity index (χ4v) is 4.21. The van der Waals surface area contributed by atoms with Gasteiger partial charge in [0.2, 0.25) is 5.78 Å². The molecule has 1 aliphatic heterocycles. The first-order valence-electron chi connectivity index (χ1n) is 10.5. The van der Waals surface area contributed by atoms with Gasteiger partial charge in [-0.25, -0.2) is 8.42 Å².